The zero-order chi connectivity index (χ0) is 9.03. The molecular weight excluding hydrogens is 176 g/mol. The van der Waals surface area contributed by atoms with Gasteiger partial charge in [-0.15, -0.1) is 0 Å². The van der Waals surface area contributed by atoms with Crippen LogP contribution in [0.15, 0.2) is 0 Å². The molecule has 1 aliphatic rings. The van der Waals surface area contributed by atoms with Crippen molar-refractivity contribution in [2.45, 2.75) is 19.3 Å². The van der Waals surface area contributed by atoms with Crippen molar-refractivity contribution in [3.05, 3.63) is 0 Å². The molecular formula is C7H16N2O2S. The molecule has 1 saturated heterocycles. The lowest BCUT2D eigenvalue weighted by Crippen LogP contribution is -2.27. The van der Waals surface area contributed by atoms with Crippen molar-refractivity contribution < 1.29 is 8.42 Å². The van der Waals surface area contributed by atoms with Gasteiger partial charge in [0.15, 0.2) is 0 Å². The van der Waals surface area contributed by atoms with Crippen LogP contribution >= 0.6 is 0 Å². The highest BCUT2D eigenvalue weighted by molar-refractivity contribution is 7.89. The van der Waals surface area contributed by atoms with Gasteiger partial charge in [-0.2, -0.15) is 0 Å². The molecule has 0 radical (unpaired) electrons. The lowest BCUT2D eigenvalue weighted by molar-refractivity contribution is 0.431. The summed E-state index contributed by atoms with van der Waals surface area (Å²) in [6.45, 7) is 2.00. The molecule has 12 heavy (non-hydrogen) atoms. The number of sulfonamides is 1. The molecule has 0 spiro atoms. The summed E-state index contributed by atoms with van der Waals surface area (Å²) in [6.07, 6.45) is 2.58. The molecule has 1 heterocycles. The number of hydrogen-bond donors (Lipinski definition) is 1. The number of rotatable bonds is 4. The van der Waals surface area contributed by atoms with E-state index in [9.17, 15) is 8.42 Å². The Morgan fingerprint density at radius 1 is 1.33 bits per heavy atom. The molecule has 4 nitrogen and oxygen atoms in total. The molecule has 72 valence electrons. The van der Waals surface area contributed by atoms with Crippen molar-refractivity contribution >= 4 is 10.0 Å². The van der Waals surface area contributed by atoms with Crippen LogP contribution in [0.2, 0.25) is 0 Å². The molecule has 1 fully saturated rings. The second kappa shape index (κ2) is 4.20. The van der Waals surface area contributed by atoms with E-state index in [4.69, 9.17) is 5.73 Å². The first-order valence-electron chi connectivity index (χ1n) is 4.35. The highest BCUT2D eigenvalue weighted by Gasteiger charge is 2.26. The van der Waals surface area contributed by atoms with E-state index >= 15 is 0 Å². The van der Waals surface area contributed by atoms with E-state index in [0.717, 1.165) is 19.3 Å². The van der Waals surface area contributed by atoms with Crippen LogP contribution in [0, 0.1) is 0 Å². The quantitative estimate of drug-likeness (QED) is 0.625. The summed E-state index contributed by atoms with van der Waals surface area (Å²) in [5.41, 5.74) is 5.31. The number of nitrogens with two attached hydrogens (primary N) is 1. The summed E-state index contributed by atoms with van der Waals surface area (Å²) < 4.78 is 24.1. The van der Waals surface area contributed by atoms with Gasteiger partial charge in [0, 0.05) is 13.1 Å². The first-order chi connectivity index (χ1) is 5.67. The summed E-state index contributed by atoms with van der Waals surface area (Å²) in [5, 5.41) is 0. The first-order valence-corrected chi connectivity index (χ1v) is 5.95. The summed E-state index contributed by atoms with van der Waals surface area (Å²) in [4.78, 5) is 0. The van der Waals surface area contributed by atoms with Gasteiger partial charge >= 0.3 is 0 Å². The van der Waals surface area contributed by atoms with Gasteiger partial charge in [-0.25, -0.2) is 12.7 Å². The first kappa shape index (κ1) is 9.95. The van der Waals surface area contributed by atoms with Gasteiger partial charge in [-0.3, -0.25) is 0 Å². The molecule has 0 aromatic heterocycles. The maximum Gasteiger partial charge on any atom is 0.214 e. The van der Waals surface area contributed by atoms with Crippen molar-refractivity contribution in [3.8, 4) is 0 Å². The SMILES string of the molecule is NCCCCN1CCCS1(=O)=O. The molecule has 0 aromatic rings. The fourth-order valence-corrected chi connectivity index (χ4v) is 2.94. The highest BCUT2D eigenvalue weighted by Crippen LogP contribution is 2.13. The second-order valence-corrected chi connectivity index (χ2v) is 5.15. The molecule has 0 unspecified atom stereocenters. The topological polar surface area (TPSA) is 63.4 Å². The Hall–Kier alpha value is -0.130. The highest BCUT2D eigenvalue weighted by atomic mass is 32.2. The van der Waals surface area contributed by atoms with Crippen molar-refractivity contribution in [2.24, 2.45) is 5.73 Å². The Balaban J connectivity index is 2.32. The molecule has 0 saturated carbocycles. The smallest absolute Gasteiger partial charge is 0.214 e. The zero-order valence-corrected chi connectivity index (χ0v) is 8.02. The van der Waals surface area contributed by atoms with Gasteiger partial charge in [0.1, 0.15) is 0 Å². The molecule has 0 aromatic carbocycles. The second-order valence-electron chi connectivity index (χ2n) is 3.06. The van der Waals surface area contributed by atoms with E-state index in [1.54, 1.807) is 4.31 Å². The maximum atomic E-state index is 11.3. The molecule has 2 N–H and O–H groups in total. The van der Waals surface area contributed by atoms with Crippen molar-refractivity contribution in [3.63, 3.8) is 0 Å². The van der Waals surface area contributed by atoms with E-state index in [0.29, 0.717) is 25.4 Å². The van der Waals surface area contributed by atoms with E-state index in [-0.39, 0.29) is 0 Å². The van der Waals surface area contributed by atoms with Crippen LogP contribution in [-0.2, 0) is 10.0 Å². The Labute approximate surface area is 73.8 Å². The Kier molecular flexibility index (Phi) is 3.49. The van der Waals surface area contributed by atoms with Crippen molar-refractivity contribution in [2.75, 3.05) is 25.4 Å². The fourth-order valence-electron chi connectivity index (χ4n) is 1.37. The maximum absolute atomic E-state index is 11.3. The summed E-state index contributed by atoms with van der Waals surface area (Å²) in [7, 11) is -2.88. The predicted octanol–water partition coefficient (Wildman–Crippen LogP) is -0.239. The van der Waals surface area contributed by atoms with Crippen LogP contribution in [0.4, 0.5) is 0 Å². The standard InChI is InChI=1S/C7H16N2O2S/c8-4-1-2-5-9-6-3-7-12(9,10)11/h1-8H2. The Morgan fingerprint density at radius 2 is 2.08 bits per heavy atom. The molecule has 0 bridgehead atoms. The molecule has 0 atom stereocenters. The van der Waals surface area contributed by atoms with Gasteiger partial charge in [0.05, 0.1) is 5.75 Å². The van der Waals surface area contributed by atoms with Crippen LogP contribution in [0.25, 0.3) is 0 Å². The largest absolute Gasteiger partial charge is 0.330 e. The predicted molar refractivity (Wildman–Crippen MR) is 48.3 cm³/mol. The fraction of sp³-hybridized carbons (Fsp3) is 1.00. The third kappa shape index (κ3) is 2.43. The molecule has 0 aliphatic carbocycles. The number of nitrogens with zero attached hydrogens (tertiary/aromatic N) is 1. The lowest BCUT2D eigenvalue weighted by atomic mass is 10.3. The van der Waals surface area contributed by atoms with Gasteiger partial charge < -0.3 is 5.73 Å². The summed E-state index contributed by atoms with van der Waals surface area (Å²) in [5.74, 6) is 0.329. The van der Waals surface area contributed by atoms with Crippen LogP contribution in [0.5, 0.6) is 0 Å². The molecule has 0 amide bonds. The Bertz CT molecular complexity index is 226. The minimum Gasteiger partial charge on any atom is -0.330 e. The minimum absolute atomic E-state index is 0.329. The van der Waals surface area contributed by atoms with Gasteiger partial charge in [-0.1, -0.05) is 0 Å². The van der Waals surface area contributed by atoms with Gasteiger partial charge in [0.2, 0.25) is 10.0 Å². The van der Waals surface area contributed by atoms with Crippen LogP contribution in [-0.4, -0.2) is 38.1 Å². The van der Waals surface area contributed by atoms with Crippen molar-refractivity contribution in [1.29, 1.82) is 0 Å². The monoisotopic (exact) mass is 192 g/mol. The zero-order valence-electron chi connectivity index (χ0n) is 7.20. The van der Waals surface area contributed by atoms with Crippen molar-refractivity contribution in [1.82, 2.24) is 4.31 Å². The third-order valence-electron chi connectivity index (χ3n) is 2.06. The van der Waals surface area contributed by atoms with E-state index < -0.39 is 10.0 Å². The van der Waals surface area contributed by atoms with Gasteiger partial charge in [-0.05, 0) is 25.8 Å². The summed E-state index contributed by atoms with van der Waals surface area (Å²) in [6, 6.07) is 0. The normalized spacial score (nSPS) is 23.1. The molecule has 5 heteroatoms. The minimum atomic E-state index is -2.88. The average Bonchev–Trinajstić information content (AvgIpc) is 2.32. The van der Waals surface area contributed by atoms with E-state index in [1.165, 1.54) is 0 Å². The van der Waals surface area contributed by atoms with E-state index in [1.807, 2.05) is 0 Å². The third-order valence-corrected chi connectivity index (χ3v) is 4.02. The van der Waals surface area contributed by atoms with Crippen LogP contribution < -0.4 is 5.73 Å². The lowest BCUT2D eigenvalue weighted by Gasteiger charge is -2.12. The molecule has 1 aliphatic heterocycles. The number of unbranched alkanes of at least 4 members (excludes halogenated alkanes) is 1. The summed E-state index contributed by atoms with van der Waals surface area (Å²) >= 11 is 0. The van der Waals surface area contributed by atoms with Crippen LogP contribution in [0.3, 0.4) is 0 Å². The van der Waals surface area contributed by atoms with Gasteiger partial charge in [0.25, 0.3) is 0 Å². The van der Waals surface area contributed by atoms with E-state index in [2.05, 4.69) is 0 Å². The molecule has 1 rings (SSSR count). The van der Waals surface area contributed by atoms with Crippen LogP contribution in [0.1, 0.15) is 19.3 Å². The Morgan fingerprint density at radius 3 is 2.58 bits per heavy atom. The number of hydrogen-bond acceptors (Lipinski definition) is 3. The average molecular weight is 192 g/mol.